The van der Waals surface area contributed by atoms with Gasteiger partial charge in [0.15, 0.2) is 6.23 Å². The van der Waals surface area contributed by atoms with Crippen LogP contribution in [0.15, 0.2) is 94.5 Å². The summed E-state index contributed by atoms with van der Waals surface area (Å²) in [6.07, 6.45) is -2.22. The van der Waals surface area contributed by atoms with Crippen molar-refractivity contribution in [2.24, 2.45) is 4.99 Å². The lowest BCUT2D eigenvalue weighted by Crippen LogP contribution is -2.51. The Morgan fingerprint density at radius 1 is 0.792 bits per heavy atom. The zero-order chi connectivity index (χ0) is 56.4. The van der Waals surface area contributed by atoms with Gasteiger partial charge in [0.2, 0.25) is 22.3 Å². The van der Waals surface area contributed by atoms with Crippen LogP contribution in [0.2, 0.25) is 33.2 Å². The van der Waals surface area contributed by atoms with Gasteiger partial charge in [-0.15, -0.1) is 0 Å². The number of benzene rings is 3. The van der Waals surface area contributed by atoms with Crippen molar-refractivity contribution in [3.05, 3.63) is 112 Å². The Balaban J connectivity index is 1.30. The highest BCUT2D eigenvalue weighted by molar-refractivity contribution is 9.10. The van der Waals surface area contributed by atoms with Gasteiger partial charge in [-0.2, -0.15) is 4.98 Å². The topological polar surface area (TPSA) is 192 Å². The molecule has 6 rings (SSSR count). The molecule has 2 aliphatic rings. The van der Waals surface area contributed by atoms with E-state index in [1.165, 1.54) is 12.0 Å². The van der Waals surface area contributed by atoms with Crippen LogP contribution in [0.5, 0.6) is 0 Å². The van der Waals surface area contributed by atoms with Crippen LogP contribution in [0.3, 0.4) is 0 Å². The standard InChI is InChI=1S/C58H84BrN5O11Si2/c1-36(2)76(37(3)4,38(5)6)73-34-64(54(67)42-25-27-43(59)28-26-42)51-29-31-63(55-53(52(66)50(32-65)75-55)72-35-74-77(39(7)8,40(9)10)41(11)12)57(62-51)60-30-19-18-24-49(56(68)70-13)61-58(69)71-33-48-46-22-16-14-20-44(46)45-21-15-17-23-47(45)48/h14-17,20-23,25-29,31,36-41,48-50,52-53,55,65-66H,18-19,24,30,32-35H2,1-13H3,(H,61,69)/t49-,50+,52+,53+,55+/m0/s1. The molecule has 0 bridgehead atoms. The molecule has 4 aromatic rings. The number of rotatable bonds is 26. The Morgan fingerprint density at radius 2 is 1.35 bits per heavy atom. The first-order valence-corrected chi connectivity index (χ1v) is 32.4. The fourth-order valence-corrected chi connectivity index (χ4v) is 23.2. The maximum atomic E-state index is 14.8. The van der Waals surface area contributed by atoms with Crippen LogP contribution >= 0.6 is 15.9 Å². The molecule has 3 N–H and O–H groups in total. The molecule has 0 spiro atoms. The lowest BCUT2D eigenvalue weighted by molar-refractivity contribution is -0.143. The molecule has 1 saturated heterocycles. The quantitative estimate of drug-likeness (QED) is 0.0234. The van der Waals surface area contributed by atoms with Crippen molar-refractivity contribution in [2.45, 2.75) is 172 Å². The minimum atomic E-state index is -2.52. The molecule has 0 radical (unpaired) electrons. The van der Waals surface area contributed by atoms with Gasteiger partial charge in [-0.25, -0.2) is 9.59 Å². The first kappa shape index (κ1) is 61.6. The van der Waals surface area contributed by atoms with Crippen LogP contribution in [-0.4, -0.2) is 119 Å². The number of nitrogens with one attached hydrogen (secondary N) is 1. The fourth-order valence-electron chi connectivity index (χ4n) is 12.3. The molecule has 0 saturated carbocycles. The lowest BCUT2D eigenvalue weighted by Gasteiger charge is -2.43. The number of aromatic nitrogens is 2. The van der Waals surface area contributed by atoms with E-state index in [0.29, 0.717) is 18.4 Å². The van der Waals surface area contributed by atoms with Gasteiger partial charge in [0.25, 0.3) is 5.91 Å². The lowest BCUT2D eigenvalue weighted by atomic mass is 9.98. The van der Waals surface area contributed by atoms with Crippen molar-refractivity contribution >= 4 is 56.4 Å². The van der Waals surface area contributed by atoms with E-state index in [2.05, 4.69) is 116 Å². The molecule has 19 heteroatoms. The normalized spacial score (nSPS) is 18.4. The maximum absolute atomic E-state index is 14.8. The second-order valence-electron chi connectivity index (χ2n) is 22.2. The number of amides is 2. The molecule has 1 aliphatic heterocycles. The number of carbonyl (C=O) groups is 3. The van der Waals surface area contributed by atoms with E-state index < -0.39 is 65.9 Å². The number of aliphatic hydroxyl groups excluding tert-OH is 2. The number of alkyl carbamates (subject to hydrolysis) is 1. The van der Waals surface area contributed by atoms with Crippen molar-refractivity contribution in [1.29, 1.82) is 0 Å². The monoisotopic (exact) mass is 1160 g/mol. The predicted molar refractivity (Wildman–Crippen MR) is 307 cm³/mol. The third kappa shape index (κ3) is 13.7. The molecule has 16 nitrogen and oxygen atoms in total. The number of fused-ring (bicyclic) bond motifs is 3. The van der Waals surface area contributed by atoms with Crippen LogP contribution in [0, 0.1) is 0 Å². The van der Waals surface area contributed by atoms with E-state index in [-0.39, 0.29) is 89.6 Å². The van der Waals surface area contributed by atoms with Gasteiger partial charge in [0.1, 0.15) is 50.3 Å². The van der Waals surface area contributed by atoms with Crippen molar-refractivity contribution in [2.75, 3.05) is 45.3 Å². The average Bonchev–Trinajstić information content (AvgIpc) is 3.92. The van der Waals surface area contributed by atoms with Gasteiger partial charge in [-0.1, -0.05) is 148 Å². The van der Waals surface area contributed by atoms with Gasteiger partial charge < -0.3 is 43.3 Å². The van der Waals surface area contributed by atoms with E-state index >= 15 is 0 Å². The Morgan fingerprint density at radius 3 is 1.90 bits per heavy atom. The number of aliphatic hydroxyl groups is 2. The summed E-state index contributed by atoms with van der Waals surface area (Å²) in [6, 6.07) is 24.0. The summed E-state index contributed by atoms with van der Waals surface area (Å²) in [7, 11) is -3.64. The Hall–Kier alpha value is -4.58. The molecule has 1 fully saturated rings. The minimum Gasteiger partial charge on any atom is -0.467 e. The van der Waals surface area contributed by atoms with Crippen molar-refractivity contribution < 1.29 is 52.4 Å². The zero-order valence-corrected chi connectivity index (χ0v) is 51.0. The summed E-state index contributed by atoms with van der Waals surface area (Å²) < 4.78 is 40.1. The molecule has 1 aromatic heterocycles. The van der Waals surface area contributed by atoms with Crippen molar-refractivity contribution in [3.63, 3.8) is 0 Å². The molecule has 422 valence electrons. The van der Waals surface area contributed by atoms with Crippen molar-refractivity contribution in [1.82, 2.24) is 14.9 Å². The molecule has 77 heavy (non-hydrogen) atoms. The Labute approximate surface area is 466 Å². The summed E-state index contributed by atoms with van der Waals surface area (Å²) >= 11 is 3.50. The smallest absolute Gasteiger partial charge is 0.407 e. The molecule has 2 amide bonds. The largest absolute Gasteiger partial charge is 0.467 e. The highest BCUT2D eigenvalue weighted by Crippen LogP contribution is 2.46. The molecule has 1 aliphatic carbocycles. The second kappa shape index (κ2) is 27.5. The number of unbranched alkanes of at least 4 members (excludes halogenated alkanes) is 1. The minimum absolute atomic E-state index is 0.0702. The number of hydrogen-bond donors (Lipinski definition) is 3. The molecular formula is C58H84BrN5O11Si2. The first-order valence-electron chi connectivity index (χ1n) is 27.3. The summed E-state index contributed by atoms with van der Waals surface area (Å²) in [6.45, 7) is 25.9. The van der Waals surface area contributed by atoms with E-state index in [4.69, 9.17) is 37.8 Å². The molecule has 2 heterocycles. The third-order valence-corrected chi connectivity index (χ3v) is 28.5. The van der Waals surface area contributed by atoms with Crippen LogP contribution in [0.1, 0.15) is 136 Å². The van der Waals surface area contributed by atoms with Gasteiger partial charge in [-0.3, -0.25) is 19.3 Å². The highest BCUT2D eigenvalue weighted by atomic mass is 79.9. The van der Waals surface area contributed by atoms with E-state index in [1.54, 1.807) is 29.0 Å². The van der Waals surface area contributed by atoms with Gasteiger partial charge >= 0.3 is 12.1 Å². The summed E-state index contributed by atoms with van der Waals surface area (Å²) in [4.78, 5) is 52.9. The zero-order valence-electron chi connectivity index (χ0n) is 47.4. The number of halogens is 1. The molecule has 3 aromatic carbocycles. The van der Waals surface area contributed by atoms with Gasteiger partial charge in [-0.05, 0) is 105 Å². The number of ether oxygens (including phenoxy) is 4. The molecule has 5 atom stereocenters. The summed E-state index contributed by atoms with van der Waals surface area (Å²) in [5.74, 6) is -0.825. The molecular weight excluding hydrogens is 1080 g/mol. The van der Waals surface area contributed by atoms with Crippen LogP contribution in [-0.2, 0) is 32.6 Å². The predicted octanol–water partition coefficient (Wildman–Crippen LogP) is 11.4. The highest BCUT2D eigenvalue weighted by Gasteiger charge is 2.49. The SMILES string of the molecule is COC(=O)[C@H](CCCCN=c1nc(N(CO[Si](C(C)C)(C(C)C)C(C)C)C(=O)c2ccc(Br)cc2)ccn1[C@@H]1O[C@H](CO)[C@@H](O)[C@H]1OCO[Si](C(C)C)(C(C)C)C(C)C)NC(=O)OCC1c2ccccc2-c2ccccc21. The number of nitrogens with zero attached hydrogens (tertiary/aromatic N) is 4. The van der Waals surface area contributed by atoms with E-state index in [0.717, 1.165) is 26.7 Å². The van der Waals surface area contributed by atoms with E-state index in [9.17, 15) is 24.6 Å². The van der Waals surface area contributed by atoms with Gasteiger partial charge in [0, 0.05) is 28.7 Å². The number of hydrogen-bond acceptors (Lipinski definition) is 13. The summed E-state index contributed by atoms with van der Waals surface area (Å²) in [5.41, 5.74) is 6.47. The average molecular weight is 1160 g/mol. The van der Waals surface area contributed by atoms with Crippen LogP contribution in [0.4, 0.5) is 10.6 Å². The number of carbonyl (C=O) groups excluding carboxylic acids is 3. The first-order chi connectivity index (χ1) is 36.6. The van der Waals surface area contributed by atoms with E-state index in [1.807, 2.05) is 48.5 Å². The number of esters is 1. The van der Waals surface area contributed by atoms with Gasteiger partial charge in [0.05, 0.1) is 13.7 Å². The van der Waals surface area contributed by atoms with Crippen LogP contribution < -0.4 is 15.8 Å². The summed E-state index contributed by atoms with van der Waals surface area (Å²) in [5, 5.41) is 24.9. The third-order valence-electron chi connectivity index (χ3n) is 15.9. The molecule has 0 unspecified atom stereocenters. The second-order valence-corrected chi connectivity index (χ2v) is 34.0. The fraction of sp³-hybridized carbons (Fsp3) is 0.569. The Bertz CT molecular complexity index is 2580. The Kier molecular flexibility index (Phi) is 22.0. The number of anilines is 1. The van der Waals surface area contributed by atoms with Crippen LogP contribution in [0.25, 0.3) is 11.1 Å². The van der Waals surface area contributed by atoms with Crippen molar-refractivity contribution in [3.8, 4) is 11.1 Å². The number of methoxy groups -OCH3 is 1. The maximum Gasteiger partial charge on any atom is 0.407 e.